The Balaban J connectivity index is 1.57. The smallest absolute Gasteiger partial charge is 0.322 e. The molecular formula is C25H17F7N2O2. The molecule has 0 bridgehead atoms. The number of carbonyl (C=O) groups is 2. The molecule has 36 heavy (non-hydrogen) atoms. The molecule has 188 valence electrons. The largest absolute Gasteiger partial charge is 0.435 e. The van der Waals surface area contributed by atoms with E-state index < -0.39 is 29.5 Å². The van der Waals surface area contributed by atoms with Gasteiger partial charge in [0.05, 0.1) is 6.54 Å². The number of nitrogens with one attached hydrogen (secondary N) is 1. The van der Waals surface area contributed by atoms with E-state index in [1.807, 2.05) is 0 Å². The summed E-state index contributed by atoms with van der Waals surface area (Å²) < 4.78 is 92.6. The van der Waals surface area contributed by atoms with E-state index in [0.717, 1.165) is 18.6 Å². The predicted octanol–water partition coefficient (Wildman–Crippen LogP) is 6.70. The van der Waals surface area contributed by atoms with Gasteiger partial charge in [0.15, 0.2) is 0 Å². The number of halogens is 7. The Kier molecular flexibility index (Phi) is 6.06. The third-order valence-corrected chi connectivity index (χ3v) is 5.90. The molecule has 0 fully saturated rings. The molecule has 11 heteroatoms. The van der Waals surface area contributed by atoms with Crippen LogP contribution in [0.5, 0.6) is 0 Å². The standard InChI is InChI=1S/C25H17F7N2O2/c1-14-11-17(23(26,24(27,28)29)25(30,31)32)9-10-20(14)33-21(35)15-6-4-7-18(12-15)34-13-16-5-2-3-8-19(16)22(34)36/h2-12H,13H2,1H3,(H,33,35). The molecule has 3 aromatic rings. The summed E-state index contributed by atoms with van der Waals surface area (Å²) in [5, 5.41) is 2.40. The van der Waals surface area contributed by atoms with Gasteiger partial charge in [-0.05, 0) is 48.4 Å². The van der Waals surface area contributed by atoms with Gasteiger partial charge in [0.1, 0.15) is 0 Å². The molecule has 4 nitrogen and oxygen atoms in total. The third kappa shape index (κ3) is 4.18. The second-order valence-corrected chi connectivity index (χ2v) is 8.24. The summed E-state index contributed by atoms with van der Waals surface area (Å²) in [4.78, 5) is 27.0. The van der Waals surface area contributed by atoms with Crippen LogP contribution in [0.1, 0.15) is 37.4 Å². The van der Waals surface area contributed by atoms with Crippen LogP contribution in [0.2, 0.25) is 0 Å². The fourth-order valence-electron chi connectivity index (χ4n) is 3.98. The van der Waals surface area contributed by atoms with E-state index >= 15 is 0 Å². The molecule has 1 aliphatic rings. The number of amides is 2. The van der Waals surface area contributed by atoms with Crippen LogP contribution in [0, 0.1) is 6.92 Å². The second kappa shape index (κ2) is 8.65. The first-order chi connectivity index (χ1) is 16.7. The molecule has 4 rings (SSSR count). The van der Waals surface area contributed by atoms with E-state index in [2.05, 4.69) is 5.32 Å². The van der Waals surface area contributed by atoms with Gasteiger partial charge >= 0.3 is 18.0 Å². The zero-order chi connectivity index (χ0) is 26.5. The summed E-state index contributed by atoms with van der Waals surface area (Å²) >= 11 is 0. The SMILES string of the molecule is Cc1cc(C(F)(C(F)(F)F)C(F)(F)F)ccc1NC(=O)c1cccc(N2Cc3ccccc3C2=O)c1. The molecule has 0 aromatic heterocycles. The lowest BCUT2D eigenvalue weighted by Crippen LogP contribution is -2.50. The summed E-state index contributed by atoms with van der Waals surface area (Å²) in [5.74, 6) is -0.978. The number of fused-ring (bicyclic) bond motifs is 1. The molecule has 1 aliphatic heterocycles. The zero-order valence-corrected chi connectivity index (χ0v) is 18.5. The molecule has 0 unspecified atom stereocenters. The normalized spacial score (nSPS) is 14.1. The number of nitrogens with zero attached hydrogens (tertiary/aromatic N) is 1. The summed E-state index contributed by atoms with van der Waals surface area (Å²) in [6, 6.07) is 14.5. The van der Waals surface area contributed by atoms with E-state index in [4.69, 9.17) is 0 Å². The van der Waals surface area contributed by atoms with Crippen molar-refractivity contribution in [3.8, 4) is 0 Å². The Hall–Kier alpha value is -3.89. The Morgan fingerprint density at radius 1 is 0.861 bits per heavy atom. The van der Waals surface area contributed by atoms with Gasteiger partial charge in [-0.15, -0.1) is 0 Å². The maximum absolute atomic E-state index is 14.3. The van der Waals surface area contributed by atoms with Crippen molar-refractivity contribution in [3.05, 3.63) is 94.5 Å². The highest BCUT2D eigenvalue weighted by Gasteiger charge is 2.73. The number of alkyl halides is 7. The van der Waals surface area contributed by atoms with E-state index in [0.29, 0.717) is 29.9 Å². The second-order valence-electron chi connectivity index (χ2n) is 8.24. The number of aryl methyl sites for hydroxylation is 1. The Bertz CT molecular complexity index is 1330. The first-order valence-corrected chi connectivity index (χ1v) is 10.5. The van der Waals surface area contributed by atoms with Crippen molar-refractivity contribution in [1.29, 1.82) is 0 Å². The van der Waals surface area contributed by atoms with Crippen LogP contribution in [-0.2, 0) is 12.2 Å². The number of hydrogen-bond donors (Lipinski definition) is 1. The van der Waals surface area contributed by atoms with Crippen LogP contribution >= 0.6 is 0 Å². The lowest BCUT2D eigenvalue weighted by atomic mass is 9.92. The highest BCUT2D eigenvalue weighted by Crippen LogP contribution is 2.53. The van der Waals surface area contributed by atoms with Gasteiger partial charge in [0.25, 0.3) is 11.8 Å². The topological polar surface area (TPSA) is 49.4 Å². The highest BCUT2D eigenvalue weighted by atomic mass is 19.4. The predicted molar refractivity (Wildman–Crippen MR) is 117 cm³/mol. The average molecular weight is 510 g/mol. The van der Waals surface area contributed by atoms with Gasteiger partial charge in [-0.3, -0.25) is 9.59 Å². The molecule has 0 saturated heterocycles. The number of carbonyl (C=O) groups excluding carboxylic acids is 2. The molecule has 0 atom stereocenters. The minimum Gasteiger partial charge on any atom is -0.322 e. The lowest BCUT2D eigenvalue weighted by Gasteiger charge is -2.30. The third-order valence-electron chi connectivity index (χ3n) is 5.90. The first-order valence-electron chi connectivity index (χ1n) is 10.5. The molecule has 3 aromatic carbocycles. The minimum absolute atomic E-state index is 0.0881. The Morgan fingerprint density at radius 3 is 2.14 bits per heavy atom. The molecule has 0 radical (unpaired) electrons. The average Bonchev–Trinajstić information content (AvgIpc) is 3.15. The van der Waals surface area contributed by atoms with E-state index in [1.54, 1.807) is 30.3 Å². The lowest BCUT2D eigenvalue weighted by molar-refractivity contribution is -0.348. The van der Waals surface area contributed by atoms with Crippen LogP contribution < -0.4 is 10.2 Å². The summed E-state index contributed by atoms with van der Waals surface area (Å²) in [7, 11) is 0. The van der Waals surface area contributed by atoms with Crippen LogP contribution in [0.25, 0.3) is 0 Å². The monoisotopic (exact) mass is 510 g/mol. The van der Waals surface area contributed by atoms with Crippen molar-refractivity contribution < 1.29 is 40.3 Å². The summed E-state index contributed by atoms with van der Waals surface area (Å²) in [5.41, 5.74) is -5.67. The van der Waals surface area contributed by atoms with Crippen LogP contribution in [0.15, 0.2) is 66.7 Å². The van der Waals surface area contributed by atoms with Crippen LogP contribution in [-0.4, -0.2) is 24.2 Å². The maximum atomic E-state index is 14.3. The van der Waals surface area contributed by atoms with Gasteiger partial charge in [-0.1, -0.05) is 36.4 Å². The molecule has 2 amide bonds. The van der Waals surface area contributed by atoms with Crippen molar-refractivity contribution in [2.24, 2.45) is 0 Å². The molecule has 0 aliphatic carbocycles. The molecule has 0 saturated carbocycles. The van der Waals surface area contributed by atoms with Crippen LogP contribution in [0.3, 0.4) is 0 Å². The zero-order valence-electron chi connectivity index (χ0n) is 18.5. The fourth-order valence-corrected chi connectivity index (χ4v) is 3.98. The summed E-state index contributed by atoms with van der Waals surface area (Å²) in [6.07, 6.45) is -12.5. The van der Waals surface area contributed by atoms with Crippen molar-refractivity contribution >= 4 is 23.2 Å². The number of hydrogen-bond acceptors (Lipinski definition) is 2. The number of anilines is 2. The minimum atomic E-state index is -6.24. The van der Waals surface area contributed by atoms with Crippen molar-refractivity contribution in [2.45, 2.75) is 31.5 Å². The Morgan fingerprint density at radius 2 is 1.53 bits per heavy atom. The molecule has 0 spiro atoms. The van der Waals surface area contributed by atoms with Gasteiger partial charge in [0, 0.05) is 28.1 Å². The molecular weight excluding hydrogens is 493 g/mol. The quantitative estimate of drug-likeness (QED) is 0.398. The summed E-state index contributed by atoms with van der Waals surface area (Å²) in [6.45, 7) is 1.44. The van der Waals surface area contributed by atoms with E-state index in [9.17, 15) is 40.3 Å². The van der Waals surface area contributed by atoms with Gasteiger partial charge in [0.2, 0.25) is 0 Å². The van der Waals surface area contributed by atoms with Gasteiger partial charge in [-0.2, -0.15) is 26.3 Å². The van der Waals surface area contributed by atoms with Gasteiger partial charge in [-0.25, -0.2) is 4.39 Å². The van der Waals surface area contributed by atoms with E-state index in [1.165, 1.54) is 23.1 Å². The first kappa shape index (κ1) is 25.2. The van der Waals surface area contributed by atoms with Crippen molar-refractivity contribution in [3.63, 3.8) is 0 Å². The van der Waals surface area contributed by atoms with Crippen LogP contribution in [0.4, 0.5) is 42.1 Å². The highest BCUT2D eigenvalue weighted by molar-refractivity contribution is 6.11. The molecule has 1 N–H and O–H groups in total. The van der Waals surface area contributed by atoms with Crippen molar-refractivity contribution in [2.75, 3.05) is 10.2 Å². The number of rotatable bonds is 4. The molecule has 1 heterocycles. The van der Waals surface area contributed by atoms with E-state index in [-0.39, 0.29) is 22.7 Å². The fraction of sp³-hybridized carbons (Fsp3) is 0.200. The Labute approximate surface area is 200 Å². The van der Waals surface area contributed by atoms with Crippen molar-refractivity contribution in [1.82, 2.24) is 0 Å². The van der Waals surface area contributed by atoms with Gasteiger partial charge < -0.3 is 10.2 Å². The number of benzene rings is 3. The maximum Gasteiger partial charge on any atom is 0.435 e.